The number of amides is 1. The molecule has 0 fully saturated rings. The number of hydrogen-bond acceptors (Lipinski definition) is 8. The van der Waals surface area contributed by atoms with E-state index < -0.39 is 16.6 Å². The number of hydrogen-bond donors (Lipinski definition) is 1. The van der Waals surface area contributed by atoms with Crippen LogP contribution in [-0.2, 0) is 17.9 Å². The van der Waals surface area contributed by atoms with Gasteiger partial charge in [0.1, 0.15) is 29.8 Å². The zero-order chi connectivity index (χ0) is 26.4. The summed E-state index contributed by atoms with van der Waals surface area (Å²) in [6.07, 6.45) is 1.39. The van der Waals surface area contributed by atoms with E-state index in [0.29, 0.717) is 28.4 Å². The molecule has 0 atom stereocenters. The number of rotatable bonds is 9. The molecule has 3 aromatic carbocycles. The van der Waals surface area contributed by atoms with Crippen molar-refractivity contribution in [2.24, 2.45) is 0 Å². The zero-order valence-electron chi connectivity index (χ0n) is 19.5. The Hall–Kier alpha value is -5.11. The standard InChI is InChI=1S/C26H20FN3O7/c1-34-22-6-2-16(9-19(22)14-35-24-11-20(27)4-5-21(24)30(32)33)8-18(12-28)26(31)29-13-17-3-7-23-25(10-17)37-15-36-23/h2-11H,13-15H2,1H3,(H,29,31)/b18-8+. The van der Waals surface area contributed by atoms with Crippen LogP contribution in [0.1, 0.15) is 16.7 Å². The van der Waals surface area contributed by atoms with E-state index in [1.165, 1.54) is 13.2 Å². The number of carbonyl (C=O) groups is 1. The minimum absolute atomic E-state index is 0.139. The number of nitro groups is 1. The second-order valence-corrected chi connectivity index (χ2v) is 7.77. The summed E-state index contributed by atoms with van der Waals surface area (Å²) in [4.78, 5) is 23.2. The Bertz CT molecular complexity index is 1430. The van der Waals surface area contributed by atoms with E-state index in [2.05, 4.69) is 5.32 Å². The molecule has 3 aromatic rings. The van der Waals surface area contributed by atoms with Crippen LogP contribution in [0.2, 0.25) is 0 Å². The molecule has 10 nitrogen and oxygen atoms in total. The van der Waals surface area contributed by atoms with Crippen molar-refractivity contribution in [3.63, 3.8) is 0 Å². The maximum absolute atomic E-state index is 13.6. The SMILES string of the molecule is COc1ccc(/C=C(\C#N)C(=O)NCc2ccc3c(c2)OCO3)cc1COc1cc(F)ccc1[N+](=O)[O-]. The van der Waals surface area contributed by atoms with Gasteiger partial charge >= 0.3 is 5.69 Å². The lowest BCUT2D eigenvalue weighted by molar-refractivity contribution is -0.386. The van der Waals surface area contributed by atoms with Crippen molar-refractivity contribution in [3.8, 4) is 29.1 Å². The van der Waals surface area contributed by atoms with E-state index in [9.17, 15) is 24.6 Å². The van der Waals surface area contributed by atoms with Crippen molar-refractivity contribution in [2.75, 3.05) is 13.9 Å². The topological polar surface area (TPSA) is 133 Å². The molecule has 11 heteroatoms. The van der Waals surface area contributed by atoms with Crippen LogP contribution in [0, 0.1) is 27.3 Å². The lowest BCUT2D eigenvalue weighted by Crippen LogP contribution is -2.23. The van der Waals surface area contributed by atoms with E-state index in [1.807, 2.05) is 6.07 Å². The highest BCUT2D eigenvalue weighted by Gasteiger charge is 2.18. The van der Waals surface area contributed by atoms with E-state index >= 15 is 0 Å². The molecule has 0 saturated carbocycles. The average molecular weight is 505 g/mol. The maximum atomic E-state index is 13.6. The second kappa shape index (κ2) is 11.1. The van der Waals surface area contributed by atoms with Gasteiger partial charge < -0.3 is 24.3 Å². The number of ether oxygens (including phenoxy) is 4. The van der Waals surface area contributed by atoms with Crippen molar-refractivity contribution >= 4 is 17.7 Å². The third-order valence-corrected chi connectivity index (χ3v) is 5.37. The summed E-state index contributed by atoms with van der Waals surface area (Å²) in [5.74, 6) is 0.104. The smallest absolute Gasteiger partial charge is 0.311 e. The van der Waals surface area contributed by atoms with Crippen LogP contribution in [0.25, 0.3) is 6.08 Å². The van der Waals surface area contributed by atoms with Gasteiger partial charge in [0.05, 0.1) is 12.0 Å². The first kappa shape index (κ1) is 25.0. The van der Waals surface area contributed by atoms with Gasteiger partial charge in [-0.15, -0.1) is 0 Å². The van der Waals surface area contributed by atoms with Crippen molar-refractivity contribution in [1.82, 2.24) is 5.32 Å². The fourth-order valence-electron chi connectivity index (χ4n) is 3.55. The maximum Gasteiger partial charge on any atom is 0.311 e. The molecular weight excluding hydrogens is 485 g/mol. The predicted octanol–water partition coefficient (Wildman–Crippen LogP) is 4.27. The Balaban J connectivity index is 1.49. The van der Waals surface area contributed by atoms with E-state index in [-0.39, 0.29) is 37.0 Å². The number of nitrogens with zero attached hydrogens (tertiary/aromatic N) is 2. The molecule has 37 heavy (non-hydrogen) atoms. The average Bonchev–Trinajstić information content (AvgIpc) is 3.37. The van der Waals surface area contributed by atoms with Crippen molar-refractivity contribution in [1.29, 1.82) is 5.26 Å². The molecule has 0 radical (unpaired) electrons. The first-order valence-electron chi connectivity index (χ1n) is 10.9. The first-order valence-corrected chi connectivity index (χ1v) is 10.9. The summed E-state index contributed by atoms with van der Waals surface area (Å²) in [7, 11) is 1.43. The molecule has 4 rings (SSSR count). The summed E-state index contributed by atoms with van der Waals surface area (Å²) in [6.45, 7) is 0.121. The lowest BCUT2D eigenvalue weighted by Gasteiger charge is -2.12. The highest BCUT2D eigenvalue weighted by atomic mass is 19.1. The van der Waals surface area contributed by atoms with Gasteiger partial charge in [-0.1, -0.05) is 12.1 Å². The summed E-state index contributed by atoms with van der Waals surface area (Å²) >= 11 is 0. The second-order valence-electron chi connectivity index (χ2n) is 7.77. The minimum atomic E-state index is -0.685. The molecule has 1 N–H and O–H groups in total. The molecule has 0 bridgehead atoms. The largest absolute Gasteiger partial charge is 0.496 e. The van der Waals surface area contributed by atoms with Gasteiger partial charge in [0.25, 0.3) is 5.91 Å². The Morgan fingerprint density at radius 1 is 1.16 bits per heavy atom. The monoisotopic (exact) mass is 505 g/mol. The summed E-state index contributed by atoms with van der Waals surface area (Å²) in [5.41, 5.74) is 1.20. The number of fused-ring (bicyclic) bond motifs is 1. The van der Waals surface area contributed by atoms with Crippen molar-refractivity contribution < 1.29 is 33.1 Å². The van der Waals surface area contributed by atoms with Gasteiger partial charge in [0.2, 0.25) is 6.79 Å². The fourth-order valence-corrected chi connectivity index (χ4v) is 3.55. The molecule has 0 spiro atoms. The number of nitriles is 1. The van der Waals surface area contributed by atoms with Crippen molar-refractivity contribution in [3.05, 3.63) is 92.8 Å². The Kier molecular flexibility index (Phi) is 7.49. The highest BCUT2D eigenvalue weighted by Crippen LogP contribution is 2.33. The van der Waals surface area contributed by atoms with Gasteiger partial charge in [-0.05, 0) is 47.5 Å². The van der Waals surface area contributed by atoms with Crippen LogP contribution in [-0.4, -0.2) is 24.7 Å². The van der Waals surface area contributed by atoms with Gasteiger partial charge in [0, 0.05) is 24.2 Å². The first-order chi connectivity index (χ1) is 17.9. The van der Waals surface area contributed by atoms with Crippen LogP contribution in [0.5, 0.6) is 23.0 Å². The van der Waals surface area contributed by atoms with Gasteiger partial charge in [-0.2, -0.15) is 5.26 Å². The van der Waals surface area contributed by atoms with Crippen LogP contribution >= 0.6 is 0 Å². The lowest BCUT2D eigenvalue weighted by atomic mass is 10.1. The number of nitrogens with one attached hydrogen (secondary N) is 1. The summed E-state index contributed by atoms with van der Waals surface area (Å²) in [6, 6.07) is 14.9. The third kappa shape index (κ3) is 5.94. The molecule has 188 valence electrons. The molecule has 1 heterocycles. The van der Waals surface area contributed by atoms with E-state index in [4.69, 9.17) is 18.9 Å². The molecule has 1 aliphatic heterocycles. The Morgan fingerprint density at radius 2 is 1.97 bits per heavy atom. The van der Waals surface area contributed by atoms with Crippen LogP contribution < -0.4 is 24.3 Å². The predicted molar refractivity (Wildman–Crippen MR) is 128 cm³/mol. The van der Waals surface area contributed by atoms with Gasteiger partial charge in [-0.3, -0.25) is 14.9 Å². The van der Waals surface area contributed by atoms with E-state index in [1.54, 1.807) is 36.4 Å². The van der Waals surface area contributed by atoms with E-state index in [0.717, 1.165) is 23.8 Å². The molecule has 0 saturated heterocycles. The Morgan fingerprint density at radius 3 is 2.73 bits per heavy atom. The highest BCUT2D eigenvalue weighted by molar-refractivity contribution is 6.01. The van der Waals surface area contributed by atoms with Gasteiger partial charge in [-0.25, -0.2) is 4.39 Å². The molecular formula is C26H20FN3O7. The Labute approximate surface area is 210 Å². The van der Waals surface area contributed by atoms with Crippen molar-refractivity contribution in [2.45, 2.75) is 13.2 Å². The number of nitro benzene ring substituents is 1. The number of carbonyl (C=O) groups excluding carboxylic acids is 1. The summed E-state index contributed by atoms with van der Waals surface area (Å²) in [5, 5.41) is 23.5. The minimum Gasteiger partial charge on any atom is -0.496 e. The summed E-state index contributed by atoms with van der Waals surface area (Å²) < 4.78 is 35.0. The molecule has 0 unspecified atom stereocenters. The normalized spacial score (nSPS) is 12.0. The number of methoxy groups -OCH3 is 1. The molecule has 1 amide bonds. The number of benzene rings is 3. The quantitative estimate of drug-likeness (QED) is 0.197. The number of halogens is 1. The van der Waals surface area contributed by atoms with Gasteiger partial charge in [0.15, 0.2) is 17.2 Å². The zero-order valence-corrected chi connectivity index (χ0v) is 19.5. The van der Waals surface area contributed by atoms with Crippen LogP contribution in [0.3, 0.4) is 0 Å². The third-order valence-electron chi connectivity index (χ3n) is 5.37. The molecule has 1 aliphatic rings. The molecule has 0 aliphatic carbocycles. The molecule has 0 aromatic heterocycles. The fraction of sp³-hybridized carbons (Fsp3) is 0.154. The van der Waals surface area contributed by atoms with Crippen LogP contribution in [0.15, 0.2) is 60.2 Å². The van der Waals surface area contributed by atoms with Crippen LogP contribution in [0.4, 0.5) is 10.1 Å².